The van der Waals surface area contributed by atoms with E-state index >= 15 is 0 Å². The zero-order valence-electron chi connectivity index (χ0n) is 18.2. The number of carbonyl (C=O) groups excluding carboxylic acids is 1. The summed E-state index contributed by atoms with van der Waals surface area (Å²) in [7, 11) is 0. The van der Waals surface area contributed by atoms with E-state index in [2.05, 4.69) is 90.6 Å². The van der Waals surface area contributed by atoms with E-state index in [1.807, 2.05) is 18.2 Å². The summed E-state index contributed by atoms with van der Waals surface area (Å²) < 4.78 is 0. The number of hydrogen-bond acceptors (Lipinski definition) is 1. The maximum absolute atomic E-state index is 10.1. The van der Waals surface area contributed by atoms with Crippen molar-refractivity contribution in [1.82, 2.24) is 0 Å². The third-order valence-electron chi connectivity index (χ3n) is 4.32. The molecule has 0 saturated carbocycles. The highest BCUT2D eigenvalue weighted by Crippen LogP contribution is 2.23. The second-order valence-corrected chi connectivity index (χ2v) is 8.84. The lowest BCUT2D eigenvalue weighted by molar-refractivity contribution is -0.104. The van der Waals surface area contributed by atoms with Crippen LogP contribution in [0.2, 0.25) is 0 Å². The summed E-state index contributed by atoms with van der Waals surface area (Å²) in [5, 5.41) is 0. The topological polar surface area (TPSA) is 17.1 Å². The van der Waals surface area contributed by atoms with Gasteiger partial charge in [0, 0.05) is 0 Å². The van der Waals surface area contributed by atoms with Crippen LogP contribution in [0.4, 0.5) is 0 Å². The van der Waals surface area contributed by atoms with E-state index in [1.165, 1.54) is 22.8 Å². The SMILES string of the molecule is C=C/C=C/c1cccc(C(C)(C)C)c1.CC(C)(C)c1ccc(/C=C/C=O)cc1. The average Bonchev–Trinajstić information content (AvgIpc) is 2.64. The Morgan fingerprint density at radius 2 is 1.29 bits per heavy atom. The Balaban J connectivity index is 0.000000280. The van der Waals surface area contributed by atoms with Crippen LogP contribution in [-0.4, -0.2) is 6.29 Å². The molecule has 0 aromatic heterocycles. The van der Waals surface area contributed by atoms with Crippen molar-refractivity contribution in [3.05, 3.63) is 95.6 Å². The summed E-state index contributed by atoms with van der Waals surface area (Å²) >= 11 is 0. The summed E-state index contributed by atoms with van der Waals surface area (Å²) in [6, 6.07) is 16.9. The van der Waals surface area contributed by atoms with Gasteiger partial charge in [-0.25, -0.2) is 0 Å². The molecule has 0 unspecified atom stereocenters. The fourth-order valence-electron chi connectivity index (χ4n) is 2.53. The molecule has 0 radical (unpaired) electrons. The highest BCUT2D eigenvalue weighted by Gasteiger charge is 2.13. The van der Waals surface area contributed by atoms with Gasteiger partial charge in [0.15, 0.2) is 0 Å². The Labute approximate surface area is 171 Å². The van der Waals surface area contributed by atoms with Gasteiger partial charge in [-0.3, -0.25) is 4.79 Å². The van der Waals surface area contributed by atoms with Crippen molar-refractivity contribution >= 4 is 18.4 Å². The van der Waals surface area contributed by atoms with Crippen LogP contribution < -0.4 is 0 Å². The lowest BCUT2D eigenvalue weighted by Gasteiger charge is -2.19. The van der Waals surface area contributed by atoms with Crippen LogP contribution in [0.1, 0.15) is 63.8 Å². The second kappa shape index (κ2) is 10.6. The van der Waals surface area contributed by atoms with Crippen molar-refractivity contribution in [1.29, 1.82) is 0 Å². The van der Waals surface area contributed by atoms with Crippen molar-refractivity contribution in [2.45, 2.75) is 52.4 Å². The van der Waals surface area contributed by atoms with Gasteiger partial charge < -0.3 is 0 Å². The molecular formula is C27H34O. The largest absolute Gasteiger partial charge is 0.299 e. The number of rotatable bonds is 4. The molecule has 2 aromatic carbocycles. The molecule has 0 spiro atoms. The zero-order valence-corrected chi connectivity index (χ0v) is 18.2. The smallest absolute Gasteiger partial charge is 0.142 e. The van der Waals surface area contributed by atoms with E-state index < -0.39 is 0 Å². The van der Waals surface area contributed by atoms with Gasteiger partial charge in [-0.2, -0.15) is 0 Å². The number of carbonyl (C=O) groups is 1. The number of aldehydes is 1. The highest BCUT2D eigenvalue weighted by molar-refractivity contribution is 5.73. The molecule has 0 amide bonds. The molecule has 0 aliphatic rings. The molecule has 2 rings (SSSR count). The Bertz CT molecular complexity index is 807. The fraction of sp³-hybridized carbons (Fsp3) is 0.296. The second-order valence-electron chi connectivity index (χ2n) is 8.84. The minimum Gasteiger partial charge on any atom is -0.299 e. The molecule has 1 nitrogen and oxygen atoms in total. The lowest BCUT2D eigenvalue weighted by atomic mass is 9.86. The first-order valence-corrected chi connectivity index (χ1v) is 9.70. The Hall–Kier alpha value is -2.67. The molecule has 0 bridgehead atoms. The Morgan fingerprint density at radius 1 is 0.714 bits per heavy atom. The summed E-state index contributed by atoms with van der Waals surface area (Å²) in [6.45, 7) is 16.9. The molecular weight excluding hydrogens is 340 g/mol. The predicted octanol–water partition coefficient (Wildman–Crippen LogP) is 7.38. The van der Waals surface area contributed by atoms with Crippen LogP contribution in [0.5, 0.6) is 0 Å². The first kappa shape index (κ1) is 23.4. The van der Waals surface area contributed by atoms with E-state index in [0.717, 1.165) is 11.8 Å². The van der Waals surface area contributed by atoms with E-state index in [9.17, 15) is 4.79 Å². The van der Waals surface area contributed by atoms with E-state index in [0.29, 0.717) is 0 Å². The normalized spacial score (nSPS) is 11.9. The number of benzene rings is 2. The lowest BCUT2D eigenvalue weighted by Crippen LogP contribution is -2.10. The molecule has 2 aromatic rings. The molecule has 0 N–H and O–H groups in total. The van der Waals surface area contributed by atoms with Gasteiger partial charge in [0.2, 0.25) is 0 Å². The van der Waals surface area contributed by atoms with E-state index in [1.54, 1.807) is 12.2 Å². The van der Waals surface area contributed by atoms with Crippen molar-refractivity contribution in [3.8, 4) is 0 Å². The third kappa shape index (κ3) is 8.35. The molecule has 0 fully saturated rings. The zero-order chi connectivity index (χ0) is 21.2. The Morgan fingerprint density at radius 3 is 1.79 bits per heavy atom. The van der Waals surface area contributed by atoms with Crippen LogP contribution in [-0.2, 0) is 15.6 Å². The first-order chi connectivity index (χ1) is 13.1. The minimum atomic E-state index is 0.187. The van der Waals surface area contributed by atoms with Gasteiger partial charge >= 0.3 is 0 Å². The van der Waals surface area contributed by atoms with Crippen molar-refractivity contribution < 1.29 is 4.79 Å². The van der Waals surface area contributed by atoms with Gasteiger partial charge in [0.05, 0.1) is 0 Å². The molecule has 28 heavy (non-hydrogen) atoms. The summed E-state index contributed by atoms with van der Waals surface area (Å²) in [6.07, 6.45) is 9.93. The summed E-state index contributed by atoms with van der Waals surface area (Å²) in [5.41, 5.74) is 5.37. The standard InChI is InChI=1S/C14H18.C13H16O/c1-5-6-8-12-9-7-10-13(11-12)14(2,3)4;1-13(2,3)12-8-6-11(7-9-12)5-4-10-14/h5-11H,1H2,2-4H3;4-10H,1-3H3/b8-6+;5-4+. The van der Waals surface area contributed by atoms with Crippen LogP contribution in [0.25, 0.3) is 12.2 Å². The molecule has 0 aliphatic carbocycles. The van der Waals surface area contributed by atoms with Gasteiger partial charge in [0.25, 0.3) is 0 Å². The van der Waals surface area contributed by atoms with Gasteiger partial charge in [-0.05, 0) is 39.2 Å². The minimum absolute atomic E-state index is 0.187. The monoisotopic (exact) mass is 374 g/mol. The van der Waals surface area contributed by atoms with Gasteiger partial charge in [-0.15, -0.1) is 0 Å². The highest BCUT2D eigenvalue weighted by atomic mass is 16.1. The molecule has 0 heterocycles. The van der Waals surface area contributed by atoms with Gasteiger partial charge in [-0.1, -0.05) is 121 Å². The molecule has 0 saturated heterocycles. The van der Waals surface area contributed by atoms with E-state index in [4.69, 9.17) is 0 Å². The maximum atomic E-state index is 10.1. The average molecular weight is 375 g/mol. The summed E-state index contributed by atoms with van der Waals surface area (Å²) in [4.78, 5) is 10.1. The predicted molar refractivity (Wildman–Crippen MR) is 125 cm³/mol. The van der Waals surface area contributed by atoms with Crippen LogP contribution in [0.15, 0.2) is 73.3 Å². The first-order valence-electron chi connectivity index (χ1n) is 9.70. The fourth-order valence-corrected chi connectivity index (χ4v) is 2.53. The van der Waals surface area contributed by atoms with Crippen molar-refractivity contribution in [2.24, 2.45) is 0 Å². The van der Waals surface area contributed by atoms with Crippen molar-refractivity contribution in [2.75, 3.05) is 0 Å². The third-order valence-corrected chi connectivity index (χ3v) is 4.32. The van der Waals surface area contributed by atoms with Crippen LogP contribution >= 0.6 is 0 Å². The molecule has 1 heteroatoms. The molecule has 148 valence electrons. The molecule has 0 atom stereocenters. The number of hydrogen-bond donors (Lipinski definition) is 0. The molecule has 0 aliphatic heterocycles. The Kier molecular flexibility index (Phi) is 8.85. The van der Waals surface area contributed by atoms with Gasteiger partial charge in [0.1, 0.15) is 6.29 Å². The van der Waals surface area contributed by atoms with Crippen LogP contribution in [0.3, 0.4) is 0 Å². The summed E-state index contributed by atoms with van der Waals surface area (Å²) in [5.74, 6) is 0. The van der Waals surface area contributed by atoms with E-state index in [-0.39, 0.29) is 10.8 Å². The number of allylic oxidation sites excluding steroid dienone is 3. The maximum Gasteiger partial charge on any atom is 0.142 e. The van der Waals surface area contributed by atoms with Crippen molar-refractivity contribution in [3.63, 3.8) is 0 Å². The quantitative estimate of drug-likeness (QED) is 0.310. The van der Waals surface area contributed by atoms with Crippen LogP contribution in [0, 0.1) is 0 Å².